The largest absolute Gasteiger partial charge is 0.507 e. The van der Waals surface area contributed by atoms with E-state index in [-0.39, 0.29) is 11.9 Å². The van der Waals surface area contributed by atoms with Crippen LogP contribution in [0, 0.1) is 0 Å². The average molecular weight is 275 g/mol. The van der Waals surface area contributed by atoms with Crippen molar-refractivity contribution >= 4 is 22.2 Å². The predicted molar refractivity (Wildman–Crippen MR) is 62.2 cm³/mol. The minimum absolute atomic E-state index is 0.0294. The summed E-state index contributed by atoms with van der Waals surface area (Å²) in [5.74, 6) is 0.0294. The number of aliphatic hydroxyl groups excluding tert-OH is 1. The molecule has 0 aliphatic heterocycles. The van der Waals surface area contributed by atoms with E-state index in [2.05, 4.69) is 15.9 Å². The predicted octanol–water partition coefficient (Wildman–Crippen LogP) is 2.52. The third kappa shape index (κ3) is 4.18. The van der Waals surface area contributed by atoms with E-state index in [9.17, 15) is 9.90 Å². The molecular weight excluding hydrogens is 260 g/mol. The highest BCUT2D eigenvalue weighted by Gasteiger charge is 2.14. The molecule has 0 aromatic carbocycles. The van der Waals surface area contributed by atoms with Crippen molar-refractivity contribution < 1.29 is 14.6 Å². The molecule has 1 unspecified atom stereocenters. The maximum absolute atomic E-state index is 10.5. The summed E-state index contributed by atoms with van der Waals surface area (Å²) in [5, 5.41) is 10.4. The van der Waals surface area contributed by atoms with E-state index in [4.69, 9.17) is 4.74 Å². The zero-order chi connectivity index (χ0) is 11.1. The van der Waals surface area contributed by atoms with Crippen molar-refractivity contribution in [2.24, 2.45) is 0 Å². The average Bonchev–Trinajstić information content (AvgIpc) is 2.25. The molecule has 1 rings (SSSR count). The number of unbranched alkanes of at least 4 members (excludes halogenated alkanes) is 1. The number of rotatable bonds is 6. The van der Waals surface area contributed by atoms with Crippen LogP contribution in [0.1, 0.15) is 19.3 Å². The Labute approximate surface area is 97.9 Å². The lowest BCUT2D eigenvalue weighted by atomic mass is 10.0. The van der Waals surface area contributed by atoms with Gasteiger partial charge in [0.1, 0.15) is 5.76 Å². The summed E-state index contributed by atoms with van der Waals surface area (Å²) in [6, 6.07) is 0. The Hall–Kier alpha value is -0.610. The molecule has 15 heavy (non-hydrogen) atoms. The molecule has 0 saturated heterocycles. The van der Waals surface area contributed by atoms with Gasteiger partial charge in [0.05, 0.1) is 11.7 Å². The molecule has 4 heteroatoms. The molecule has 0 bridgehead atoms. The summed E-state index contributed by atoms with van der Waals surface area (Å²) in [6.45, 7) is 0.685. The first-order valence-corrected chi connectivity index (χ1v) is 6.14. The SMILES string of the molecule is O=CC1=CCC(OCCCCBr)C=C1O. The van der Waals surface area contributed by atoms with Gasteiger partial charge in [-0.1, -0.05) is 22.0 Å². The van der Waals surface area contributed by atoms with Gasteiger partial charge in [0, 0.05) is 11.9 Å². The van der Waals surface area contributed by atoms with Gasteiger partial charge in [-0.25, -0.2) is 0 Å². The molecule has 0 radical (unpaired) electrons. The Kier molecular flexibility index (Phi) is 5.65. The molecule has 1 atom stereocenters. The van der Waals surface area contributed by atoms with Crippen LogP contribution in [0.3, 0.4) is 0 Å². The fourth-order valence-corrected chi connectivity index (χ4v) is 1.74. The van der Waals surface area contributed by atoms with Crippen molar-refractivity contribution in [3.63, 3.8) is 0 Å². The number of carbonyl (C=O) groups excluding carboxylic acids is 1. The third-order valence-electron chi connectivity index (χ3n) is 2.20. The summed E-state index contributed by atoms with van der Waals surface area (Å²) in [5.41, 5.74) is 0.357. The number of alkyl halides is 1. The van der Waals surface area contributed by atoms with Gasteiger partial charge >= 0.3 is 0 Å². The molecule has 1 aliphatic carbocycles. The van der Waals surface area contributed by atoms with Crippen molar-refractivity contribution in [2.45, 2.75) is 25.4 Å². The Morgan fingerprint density at radius 1 is 1.60 bits per heavy atom. The van der Waals surface area contributed by atoms with Crippen LogP contribution in [0.5, 0.6) is 0 Å². The van der Waals surface area contributed by atoms with Gasteiger partial charge in [-0.2, -0.15) is 0 Å². The summed E-state index contributed by atoms with van der Waals surface area (Å²) in [6.07, 6.45) is 6.61. The Balaban J connectivity index is 2.30. The van der Waals surface area contributed by atoms with Gasteiger partial charge in [-0.05, 0) is 25.3 Å². The summed E-state index contributed by atoms with van der Waals surface area (Å²) < 4.78 is 5.53. The summed E-state index contributed by atoms with van der Waals surface area (Å²) >= 11 is 3.35. The topological polar surface area (TPSA) is 46.5 Å². The monoisotopic (exact) mass is 274 g/mol. The van der Waals surface area contributed by atoms with E-state index in [1.807, 2.05) is 0 Å². The van der Waals surface area contributed by atoms with Crippen LogP contribution >= 0.6 is 15.9 Å². The number of ether oxygens (including phenoxy) is 1. The zero-order valence-corrected chi connectivity index (χ0v) is 10.1. The second-order valence-electron chi connectivity index (χ2n) is 3.37. The number of aldehydes is 1. The summed E-state index contributed by atoms with van der Waals surface area (Å²) in [4.78, 5) is 10.5. The van der Waals surface area contributed by atoms with Crippen molar-refractivity contribution in [1.82, 2.24) is 0 Å². The van der Waals surface area contributed by atoms with Gasteiger partial charge in [-0.15, -0.1) is 0 Å². The van der Waals surface area contributed by atoms with Gasteiger partial charge < -0.3 is 9.84 Å². The first-order valence-electron chi connectivity index (χ1n) is 5.02. The highest BCUT2D eigenvalue weighted by Crippen LogP contribution is 2.17. The number of carbonyl (C=O) groups is 1. The molecule has 0 spiro atoms. The molecule has 0 aromatic heterocycles. The van der Waals surface area contributed by atoms with Crippen LogP contribution in [-0.4, -0.2) is 29.4 Å². The van der Waals surface area contributed by atoms with E-state index in [1.165, 1.54) is 0 Å². The molecule has 3 nitrogen and oxygen atoms in total. The second kappa shape index (κ2) is 6.80. The quantitative estimate of drug-likeness (QED) is 0.460. The molecule has 0 saturated carbocycles. The van der Waals surface area contributed by atoms with E-state index in [0.717, 1.165) is 18.2 Å². The molecule has 0 fully saturated rings. The molecule has 0 heterocycles. The molecule has 1 N–H and O–H groups in total. The Bertz CT molecular complexity index is 271. The van der Waals surface area contributed by atoms with E-state index < -0.39 is 0 Å². The van der Waals surface area contributed by atoms with Crippen LogP contribution in [0.4, 0.5) is 0 Å². The minimum atomic E-state index is -0.0935. The standard InChI is InChI=1S/C11H15BrO3/c12-5-1-2-6-15-10-4-3-9(8-13)11(14)7-10/h3,7-8,10,14H,1-2,4-6H2. The van der Waals surface area contributed by atoms with Crippen LogP contribution in [0.2, 0.25) is 0 Å². The minimum Gasteiger partial charge on any atom is -0.507 e. The molecule has 0 aromatic rings. The van der Waals surface area contributed by atoms with Gasteiger partial charge in [0.25, 0.3) is 0 Å². The Morgan fingerprint density at radius 2 is 2.40 bits per heavy atom. The van der Waals surface area contributed by atoms with Crippen molar-refractivity contribution in [3.8, 4) is 0 Å². The first-order chi connectivity index (χ1) is 7.27. The number of allylic oxidation sites excluding steroid dienone is 1. The Morgan fingerprint density at radius 3 is 3.00 bits per heavy atom. The second-order valence-corrected chi connectivity index (χ2v) is 4.16. The van der Waals surface area contributed by atoms with Crippen molar-refractivity contribution in [1.29, 1.82) is 0 Å². The number of aliphatic hydroxyl groups is 1. The van der Waals surface area contributed by atoms with Crippen LogP contribution in [-0.2, 0) is 9.53 Å². The van der Waals surface area contributed by atoms with Gasteiger partial charge in [0.2, 0.25) is 0 Å². The third-order valence-corrected chi connectivity index (χ3v) is 2.76. The zero-order valence-electron chi connectivity index (χ0n) is 8.49. The van der Waals surface area contributed by atoms with Crippen molar-refractivity contribution in [2.75, 3.05) is 11.9 Å². The lowest BCUT2D eigenvalue weighted by Gasteiger charge is -2.17. The fraction of sp³-hybridized carbons (Fsp3) is 0.545. The molecular formula is C11H15BrO3. The lowest BCUT2D eigenvalue weighted by Crippen LogP contribution is -2.15. The number of hydrogen-bond acceptors (Lipinski definition) is 3. The molecule has 84 valence electrons. The van der Waals surface area contributed by atoms with Crippen LogP contribution < -0.4 is 0 Å². The van der Waals surface area contributed by atoms with E-state index >= 15 is 0 Å². The molecule has 1 aliphatic rings. The van der Waals surface area contributed by atoms with E-state index in [1.54, 1.807) is 12.2 Å². The van der Waals surface area contributed by atoms with Gasteiger partial charge in [-0.3, -0.25) is 4.79 Å². The van der Waals surface area contributed by atoms with Crippen LogP contribution in [0.25, 0.3) is 0 Å². The fourth-order valence-electron chi connectivity index (χ4n) is 1.34. The van der Waals surface area contributed by atoms with Gasteiger partial charge in [0.15, 0.2) is 6.29 Å². The van der Waals surface area contributed by atoms with Crippen LogP contribution in [0.15, 0.2) is 23.5 Å². The number of halogens is 1. The smallest absolute Gasteiger partial charge is 0.153 e. The normalized spacial score (nSPS) is 20.7. The number of hydrogen-bond donors (Lipinski definition) is 1. The maximum atomic E-state index is 10.5. The summed E-state index contributed by atoms with van der Waals surface area (Å²) in [7, 11) is 0. The molecule has 0 amide bonds. The van der Waals surface area contributed by atoms with E-state index in [0.29, 0.717) is 24.9 Å². The van der Waals surface area contributed by atoms with Crippen molar-refractivity contribution in [3.05, 3.63) is 23.5 Å². The highest BCUT2D eigenvalue weighted by atomic mass is 79.9. The lowest BCUT2D eigenvalue weighted by molar-refractivity contribution is -0.105. The highest BCUT2D eigenvalue weighted by molar-refractivity contribution is 9.09. The maximum Gasteiger partial charge on any atom is 0.153 e. The first kappa shape index (κ1) is 12.5.